The van der Waals surface area contributed by atoms with Crippen LogP contribution in [-0.2, 0) is 0 Å². The van der Waals surface area contributed by atoms with Crippen LogP contribution in [-0.4, -0.2) is 12.6 Å². The summed E-state index contributed by atoms with van der Waals surface area (Å²) in [5.74, 6) is 0. The van der Waals surface area contributed by atoms with Gasteiger partial charge in [0.1, 0.15) is 0 Å². The Kier molecular flexibility index (Phi) is 5.14. The van der Waals surface area contributed by atoms with Crippen molar-refractivity contribution in [2.45, 2.75) is 67.3 Å². The normalized spacial score (nSPS) is 15.6. The molecule has 0 spiro atoms. The highest BCUT2D eigenvalue weighted by molar-refractivity contribution is 4.84. The monoisotopic (exact) mass is 199 g/mol. The van der Waals surface area contributed by atoms with Crippen LogP contribution in [0, 0.1) is 10.8 Å². The molecule has 0 aliphatic carbocycles. The molecule has 0 heterocycles. The maximum Gasteiger partial charge on any atom is 0.0121 e. The fourth-order valence-corrected chi connectivity index (χ4v) is 1.62. The number of nitrogens with one attached hydrogen (secondary N) is 1. The lowest BCUT2D eigenvalue weighted by Gasteiger charge is -2.36. The van der Waals surface area contributed by atoms with E-state index in [0.717, 1.165) is 6.54 Å². The third-order valence-electron chi connectivity index (χ3n) is 2.50. The molecule has 86 valence electrons. The topological polar surface area (TPSA) is 12.0 Å². The summed E-state index contributed by atoms with van der Waals surface area (Å²) in [6.45, 7) is 17.3. The van der Waals surface area contributed by atoms with Crippen LogP contribution in [0.15, 0.2) is 0 Å². The van der Waals surface area contributed by atoms with E-state index < -0.39 is 0 Å². The number of hydrogen-bond acceptors (Lipinski definition) is 1. The van der Waals surface area contributed by atoms with Gasteiger partial charge in [0.25, 0.3) is 0 Å². The van der Waals surface area contributed by atoms with Crippen molar-refractivity contribution in [3.8, 4) is 0 Å². The van der Waals surface area contributed by atoms with Crippen molar-refractivity contribution in [1.82, 2.24) is 5.32 Å². The Morgan fingerprint density at radius 3 is 1.79 bits per heavy atom. The first-order valence-corrected chi connectivity index (χ1v) is 5.90. The average molecular weight is 199 g/mol. The molecule has 1 unspecified atom stereocenters. The van der Waals surface area contributed by atoms with Crippen LogP contribution in [0.25, 0.3) is 0 Å². The zero-order valence-corrected chi connectivity index (χ0v) is 11.2. The molecule has 0 aliphatic rings. The van der Waals surface area contributed by atoms with Gasteiger partial charge in [-0.25, -0.2) is 0 Å². The summed E-state index contributed by atoms with van der Waals surface area (Å²) in [4.78, 5) is 0. The van der Waals surface area contributed by atoms with Gasteiger partial charge in [-0.15, -0.1) is 0 Å². The first-order valence-electron chi connectivity index (χ1n) is 5.90. The van der Waals surface area contributed by atoms with Crippen LogP contribution in [0.1, 0.15) is 61.3 Å². The van der Waals surface area contributed by atoms with Gasteiger partial charge in [0.05, 0.1) is 0 Å². The molecule has 0 aliphatic heterocycles. The Labute approximate surface area is 90.7 Å². The smallest absolute Gasteiger partial charge is 0.0121 e. The lowest BCUT2D eigenvalue weighted by molar-refractivity contribution is 0.195. The molecule has 0 rings (SSSR count). The van der Waals surface area contributed by atoms with Crippen molar-refractivity contribution in [2.75, 3.05) is 6.54 Å². The molecule has 0 amide bonds. The van der Waals surface area contributed by atoms with Gasteiger partial charge in [0, 0.05) is 6.04 Å². The molecule has 14 heavy (non-hydrogen) atoms. The summed E-state index contributed by atoms with van der Waals surface area (Å²) in [5, 5.41) is 3.67. The third kappa shape index (κ3) is 6.42. The first kappa shape index (κ1) is 14.0. The predicted octanol–water partition coefficient (Wildman–Crippen LogP) is 3.84. The Bertz CT molecular complexity index is 148. The summed E-state index contributed by atoms with van der Waals surface area (Å²) in [6, 6.07) is 0.627. The van der Waals surface area contributed by atoms with Crippen molar-refractivity contribution in [2.24, 2.45) is 10.8 Å². The van der Waals surface area contributed by atoms with Gasteiger partial charge >= 0.3 is 0 Å². The van der Waals surface area contributed by atoms with Gasteiger partial charge < -0.3 is 5.32 Å². The van der Waals surface area contributed by atoms with E-state index >= 15 is 0 Å². The van der Waals surface area contributed by atoms with Crippen LogP contribution >= 0.6 is 0 Å². The van der Waals surface area contributed by atoms with E-state index in [1.165, 1.54) is 12.8 Å². The molecular weight excluding hydrogens is 170 g/mol. The van der Waals surface area contributed by atoms with Gasteiger partial charge in [-0.2, -0.15) is 0 Å². The van der Waals surface area contributed by atoms with Crippen molar-refractivity contribution >= 4 is 0 Å². The molecule has 1 nitrogen and oxygen atoms in total. The van der Waals surface area contributed by atoms with Crippen molar-refractivity contribution in [3.05, 3.63) is 0 Å². The Hall–Kier alpha value is -0.0400. The Balaban J connectivity index is 4.26. The summed E-state index contributed by atoms with van der Waals surface area (Å²) in [6.07, 6.45) is 2.47. The molecule has 1 N–H and O–H groups in total. The highest BCUT2D eigenvalue weighted by Gasteiger charge is 2.28. The van der Waals surface area contributed by atoms with Crippen LogP contribution < -0.4 is 5.32 Å². The third-order valence-corrected chi connectivity index (χ3v) is 2.50. The second-order valence-electron chi connectivity index (χ2n) is 6.64. The molecule has 0 fully saturated rings. The van der Waals surface area contributed by atoms with E-state index in [9.17, 15) is 0 Å². The minimum atomic E-state index is 0.364. The second-order valence-corrected chi connectivity index (χ2v) is 6.64. The fraction of sp³-hybridized carbons (Fsp3) is 1.00. The number of rotatable bonds is 4. The molecule has 0 saturated heterocycles. The maximum absolute atomic E-state index is 3.67. The van der Waals surface area contributed by atoms with E-state index in [-0.39, 0.29) is 0 Å². The summed E-state index contributed by atoms with van der Waals surface area (Å²) in [7, 11) is 0. The molecule has 0 saturated carbocycles. The molecule has 0 aromatic rings. The van der Waals surface area contributed by atoms with Crippen molar-refractivity contribution in [1.29, 1.82) is 0 Å². The molecule has 0 bridgehead atoms. The highest BCUT2D eigenvalue weighted by Crippen LogP contribution is 2.30. The van der Waals surface area contributed by atoms with Crippen molar-refractivity contribution in [3.63, 3.8) is 0 Å². The van der Waals surface area contributed by atoms with E-state index in [2.05, 4.69) is 53.8 Å². The fourth-order valence-electron chi connectivity index (χ4n) is 1.62. The van der Waals surface area contributed by atoms with Crippen LogP contribution in [0.3, 0.4) is 0 Å². The van der Waals surface area contributed by atoms with Gasteiger partial charge in [-0.3, -0.25) is 0 Å². The van der Waals surface area contributed by atoms with Gasteiger partial charge in [-0.1, -0.05) is 48.5 Å². The quantitative estimate of drug-likeness (QED) is 0.725. The zero-order valence-electron chi connectivity index (χ0n) is 11.2. The van der Waals surface area contributed by atoms with Crippen LogP contribution in [0.5, 0.6) is 0 Å². The Morgan fingerprint density at radius 1 is 1.00 bits per heavy atom. The summed E-state index contributed by atoms with van der Waals surface area (Å²) >= 11 is 0. The highest BCUT2D eigenvalue weighted by atomic mass is 14.9. The molecule has 0 radical (unpaired) electrons. The van der Waals surface area contributed by atoms with Crippen LogP contribution in [0.4, 0.5) is 0 Å². The Morgan fingerprint density at radius 2 is 1.50 bits per heavy atom. The SMILES string of the molecule is CCCNC(CC(C)(C)C)C(C)(C)C. The predicted molar refractivity (Wildman–Crippen MR) is 65.6 cm³/mol. The standard InChI is InChI=1S/C13H29N/c1-8-9-14-11(13(5,6)7)10-12(2,3)4/h11,14H,8-10H2,1-7H3. The zero-order chi connectivity index (χ0) is 11.4. The minimum Gasteiger partial charge on any atom is -0.313 e. The van der Waals surface area contributed by atoms with Crippen LogP contribution in [0.2, 0.25) is 0 Å². The first-order chi connectivity index (χ1) is 6.17. The average Bonchev–Trinajstić information content (AvgIpc) is 1.93. The van der Waals surface area contributed by atoms with E-state index in [4.69, 9.17) is 0 Å². The molecular formula is C13H29N. The molecule has 1 heteroatoms. The van der Waals surface area contributed by atoms with E-state index in [1.54, 1.807) is 0 Å². The largest absolute Gasteiger partial charge is 0.313 e. The van der Waals surface area contributed by atoms with Gasteiger partial charge in [0.2, 0.25) is 0 Å². The van der Waals surface area contributed by atoms with E-state index in [1.807, 2.05) is 0 Å². The lowest BCUT2D eigenvalue weighted by atomic mass is 9.77. The lowest BCUT2D eigenvalue weighted by Crippen LogP contribution is -2.43. The van der Waals surface area contributed by atoms with Crippen molar-refractivity contribution < 1.29 is 0 Å². The number of hydrogen-bond donors (Lipinski definition) is 1. The van der Waals surface area contributed by atoms with Gasteiger partial charge in [-0.05, 0) is 30.2 Å². The maximum atomic E-state index is 3.67. The summed E-state index contributed by atoms with van der Waals surface area (Å²) < 4.78 is 0. The second kappa shape index (κ2) is 5.16. The molecule has 0 aromatic carbocycles. The minimum absolute atomic E-state index is 0.364. The molecule has 0 aromatic heterocycles. The van der Waals surface area contributed by atoms with E-state index in [0.29, 0.717) is 16.9 Å². The van der Waals surface area contributed by atoms with Gasteiger partial charge in [0.15, 0.2) is 0 Å². The summed E-state index contributed by atoms with van der Waals surface area (Å²) in [5.41, 5.74) is 0.779. The molecule has 1 atom stereocenters.